The lowest BCUT2D eigenvalue weighted by Crippen LogP contribution is -2.45. The number of morpholine rings is 1. The molecule has 0 aliphatic carbocycles. The van der Waals surface area contributed by atoms with Crippen molar-refractivity contribution in [3.05, 3.63) is 58.9 Å². The number of carbonyl (C=O) groups is 2. The topological polar surface area (TPSA) is 73.9 Å². The zero-order chi connectivity index (χ0) is 22.7. The molecule has 1 saturated heterocycles. The number of rotatable bonds is 5. The highest BCUT2D eigenvalue weighted by Crippen LogP contribution is 2.31. The summed E-state index contributed by atoms with van der Waals surface area (Å²) in [6, 6.07) is 10.7. The number of nitrogens with zero attached hydrogens (tertiary/aromatic N) is 2. The Kier molecular flexibility index (Phi) is 6.72. The van der Waals surface area contributed by atoms with E-state index >= 15 is 0 Å². The summed E-state index contributed by atoms with van der Waals surface area (Å²) in [6.07, 6.45) is 0.997. The number of hydrogen-bond donors (Lipinski definition) is 2. The van der Waals surface area contributed by atoms with Crippen LogP contribution in [0.15, 0.2) is 36.4 Å². The smallest absolute Gasteiger partial charge is 0.313 e. The third kappa shape index (κ3) is 4.92. The fourth-order valence-corrected chi connectivity index (χ4v) is 4.27. The van der Waals surface area contributed by atoms with Crippen molar-refractivity contribution in [1.29, 1.82) is 0 Å². The maximum atomic E-state index is 13.7. The predicted molar refractivity (Wildman–Crippen MR) is 121 cm³/mol. The van der Waals surface area contributed by atoms with Gasteiger partial charge in [-0.25, -0.2) is 4.39 Å². The second kappa shape index (κ2) is 9.67. The maximum Gasteiger partial charge on any atom is 0.313 e. The molecule has 2 aliphatic rings. The Hall–Kier alpha value is -2.97. The summed E-state index contributed by atoms with van der Waals surface area (Å²) in [5.41, 5.74) is 4.38. The number of anilines is 2. The number of nitrogens with one attached hydrogen (secondary N) is 2. The molecule has 2 N–H and O–H groups in total. The number of aryl methyl sites for hydroxylation is 1. The SMILES string of the molecule is Cc1ccc(NC(=O)C(=O)NCC(c2ccc3c(c2)CCN3C)N2CCOCC2)cc1F. The van der Waals surface area contributed by atoms with Crippen LogP contribution in [0.3, 0.4) is 0 Å². The van der Waals surface area contributed by atoms with Crippen molar-refractivity contribution in [3.8, 4) is 0 Å². The predicted octanol–water partition coefficient (Wildman–Crippen LogP) is 2.25. The molecular formula is C24H29FN4O3. The molecule has 2 aromatic carbocycles. The largest absolute Gasteiger partial charge is 0.379 e. The van der Waals surface area contributed by atoms with Gasteiger partial charge in [-0.1, -0.05) is 18.2 Å². The van der Waals surface area contributed by atoms with Gasteiger partial charge in [0, 0.05) is 44.6 Å². The molecule has 7 nitrogen and oxygen atoms in total. The van der Waals surface area contributed by atoms with Crippen molar-refractivity contribution in [2.75, 3.05) is 56.7 Å². The summed E-state index contributed by atoms with van der Waals surface area (Å²) >= 11 is 0. The van der Waals surface area contributed by atoms with Crippen LogP contribution in [0.5, 0.6) is 0 Å². The van der Waals surface area contributed by atoms with Gasteiger partial charge in [0.2, 0.25) is 0 Å². The molecule has 1 atom stereocenters. The average molecular weight is 441 g/mol. The standard InChI is InChI=1S/C24H29FN4O3/c1-16-3-5-19(14-20(16)25)27-24(31)23(30)26-15-22(29-9-11-32-12-10-29)17-4-6-21-18(13-17)7-8-28(21)2/h3-6,13-14,22H,7-12,15H2,1-2H3,(H,26,30)(H,27,31). The normalized spacial score (nSPS) is 17.0. The lowest BCUT2D eigenvalue weighted by molar-refractivity contribution is -0.136. The van der Waals surface area contributed by atoms with Crippen molar-refractivity contribution >= 4 is 23.2 Å². The maximum absolute atomic E-state index is 13.7. The Labute approximate surface area is 187 Å². The summed E-state index contributed by atoms with van der Waals surface area (Å²) in [6.45, 7) is 5.71. The van der Waals surface area contributed by atoms with Crippen molar-refractivity contribution in [2.45, 2.75) is 19.4 Å². The minimum absolute atomic E-state index is 0.0660. The first-order chi connectivity index (χ1) is 15.4. The van der Waals surface area contributed by atoms with Crippen LogP contribution in [0.1, 0.15) is 22.7 Å². The van der Waals surface area contributed by atoms with Crippen LogP contribution < -0.4 is 15.5 Å². The average Bonchev–Trinajstić information content (AvgIpc) is 3.17. The van der Waals surface area contributed by atoms with Gasteiger partial charge in [-0.05, 0) is 48.2 Å². The summed E-state index contributed by atoms with van der Waals surface area (Å²) in [4.78, 5) is 29.3. The Morgan fingerprint density at radius 3 is 2.62 bits per heavy atom. The molecule has 1 unspecified atom stereocenters. The summed E-state index contributed by atoms with van der Waals surface area (Å²) in [7, 11) is 2.09. The van der Waals surface area contributed by atoms with Gasteiger partial charge < -0.3 is 20.3 Å². The van der Waals surface area contributed by atoms with E-state index in [1.807, 2.05) is 0 Å². The van der Waals surface area contributed by atoms with E-state index in [4.69, 9.17) is 4.74 Å². The minimum atomic E-state index is -0.815. The van der Waals surface area contributed by atoms with Crippen molar-refractivity contribution in [3.63, 3.8) is 0 Å². The third-order valence-electron chi connectivity index (χ3n) is 6.19. The zero-order valence-corrected chi connectivity index (χ0v) is 18.5. The molecule has 4 rings (SSSR count). The third-order valence-corrected chi connectivity index (χ3v) is 6.19. The molecule has 2 heterocycles. The fourth-order valence-electron chi connectivity index (χ4n) is 4.27. The van der Waals surface area contributed by atoms with Crippen LogP contribution in [0.25, 0.3) is 0 Å². The van der Waals surface area contributed by atoms with Crippen molar-refractivity contribution < 1.29 is 18.7 Å². The first kappa shape index (κ1) is 22.2. The van der Waals surface area contributed by atoms with Crippen LogP contribution in [0, 0.1) is 12.7 Å². The molecule has 0 spiro atoms. The van der Waals surface area contributed by atoms with E-state index in [2.05, 4.69) is 45.7 Å². The van der Waals surface area contributed by atoms with Gasteiger partial charge in [-0.15, -0.1) is 0 Å². The lowest BCUT2D eigenvalue weighted by atomic mass is 10.0. The Bertz CT molecular complexity index is 1010. The summed E-state index contributed by atoms with van der Waals surface area (Å²) in [5, 5.41) is 5.22. The number of carbonyl (C=O) groups excluding carboxylic acids is 2. The van der Waals surface area contributed by atoms with Crippen LogP contribution in [0.4, 0.5) is 15.8 Å². The van der Waals surface area contributed by atoms with E-state index in [0.717, 1.165) is 31.6 Å². The molecule has 8 heteroatoms. The fraction of sp³-hybridized carbons (Fsp3) is 0.417. The highest BCUT2D eigenvalue weighted by Gasteiger charge is 2.26. The second-order valence-electron chi connectivity index (χ2n) is 8.35. The van der Waals surface area contributed by atoms with Crippen LogP contribution in [-0.2, 0) is 20.7 Å². The second-order valence-corrected chi connectivity index (χ2v) is 8.35. The van der Waals surface area contributed by atoms with Crippen LogP contribution in [-0.4, -0.2) is 63.2 Å². The highest BCUT2D eigenvalue weighted by atomic mass is 19.1. The summed E-state index contributed by atoms with van der Waals surface area (Å²) in [5.74, 6) is -1.99. The number of hydrogen-bond acceptors (Lipinski definition) is 5. The van der Waals surface area contributed by atoms with Gasteiger partial charge in [-0.3, -0.25) is 14.5 Å². The number of ether oxygens (including phenoxy) is 1. The first-order valence-electron chi connectivity index (χ1n) is 10.9. The highest BCUT2D eigenvalue weighted by molar-refractivity contribution is 6.39. The van der Waals surface area contributed by atoms with E-state index in [1.54, 1.807) is 19.1 Å². The molecule has 1 fully saturated rings. The van der Waals surface area contributed by atoms with Gasteiger partial charge in [0.15, 0.2) is 0 Å². The molecule has 2 aromatic rings. The van der Waals surface area contributed by atoms with Crippen molar-refractivity contribution in [1.82, 2.24) is 10.2 Å². The molecular weight excluding hydrogens is 411 g/mol. The molecule has 32 heavy (non-hydrogen) atoms. The van der Waals surface area contributed by atoms with Gasteiger partial charge >= 0.3 is 11.8 Å². The molecule has 170 valence electrons. The zero-order valence-electron chi connectivity index (χ0n) is 18.5. The molecule has 0 bridgehead atoms. The lowest BCUT2D eigenvalue weighted by Gasteiger charge is -2.35. The Balaban J connectivity index is 1.44. The van der Waals surface area contributed by atoms with E-state index in [1.165, 1.54) is 17.3 Å². The van der Waals surface area contributed by atoms with Gasteiger partial charge in [-0.2, -0.15) is 0 Å². The van der Waals surface area contributed by atoms with Crippen LogP contribution >= 0.6 is 0 Å². The quantitative estimate of drug-likeness (QED) is 0.698. The summed E-state index contributed by atoms with van der Waals surface area (Å²) < 4.78 is 19.2. The van der Waals surface area contributed by atoms with Crippen molar-refractivity contribution in [2.24, 2.45) is 0 Å². The first-order valence-corrected chi connectivity index (χ1v) is 10.9. The van der Waals surface area contributed by atoms with E-state index in [0.29, 0.717) is 25.3 Å². The molecule has 0 saturated carbocycles. The molecule has 0 aromatic heterocycles. The van der Waals surface area contributed by atoms with Crippen LogP contribution in [0.2, 0.25) is 0 Å². The van der Waals surface area contributed by atoms with Gasteiger partial charge in [0.1, 0.15) is 5.82 Å². The number of fused-ring (bicyclic) bond motifs is 1. The molecule has 0 radical (unpaired) electrons. The Morgan fingerprint density at radius 1 is 1.09 bits per heavy atom. The molecule has 2 aliphatic heterocycles. The minimum Gasteiger partial charge on any atom is -0.379 e. The van der Waals surface area contributed by atoms with Gasteiger partial charge in [0.05, 0.1) is 19.3 Å². The Morgan fingerprint density at radius 2 is 1.88 bits per heavy atom. The van der Waals surface area contributed by atoms with E-state index < -0.39 is 17.6 Å². The van der Waals surface area contributed by atoms with E-state index in [9.17, 15) is 14.0 Å². The van der Waals surface area contributed by atoms with Gasteiger partial charge in [0.25, 0.3) is 0 Å². The number of halogens is 1. The monoisotopic (exact) mass is 440 g/mol. The number of amides is 2. The molecule has 2 amide bonds. The number of likely N-dealkylation sites (N-methyl/N-ethyl adjacent to an activating group) is 1. The number of benzene rings is 2. The van der Waals surface area contributed by atoms with E-state index in [-0.39, 0.29) is 11.7 Å².